The molecule has 134 valence electrons. The lowest BCUT2D eigenvalue weighted by molar-refractivity contribution is 0.252. The third-order valence-electron chi connectivity index (χ3n) is 3.53. The van der Waals surface area contributed by atoms with Crippen LogP contribution in [-0.2, 0) is 0 Å². The maximum Gasteiger partial charge on any atom is 0.319 e. The van der Waals surface area contributed by atoms with Crippen LogP contribution in [0.25, 0.3) is 22.8 Å². The molecular formula is C18H16Cl2N4O2. The Morgan fingerprint density at radius 2 is 1.81 bits per heavy atom. The van der Waals surface area contributed by atoms with Gasteiger partial charge in [0.25, 0.3) is 5.89 Å². The number of rotatable bonds is 5. The van der Waals surface area contributed by atoms with E-state index >= 15 is 0 Å². The zero-order valence-electron chi connectivity index (χ0n) is 13.9. The van der Waals surface area contributed by atoms with Gasteiger partial charge < -0.3 is 15.2 Å². The molecule has 1 heterocycles. The molecule has 0 aliphatic rings. The Morgan fingerprint density at radius 3 is 2.50 bits per heavy atom. The van der Waals surface area contributed by atoms with E-state index in [0.29, 0.717) is 39.6 Å². The summed E-state index contributed by atoms with van der Waals surface area (Å²) in [6, 6.07) is 12.0. The molecule has 8 heteroatoms. The molecule has 0 fully saturated rings. The van der Waals surface area contributed by atoms with E-state index < -0.39 is 0 Å². The predicted octanol–water partition coefficient (Wildman–Crippen LogP) is 5.24. The number of carbonyl (C=O) groups excluding carboxylic acids is 1. The number of aromatic nitrogens is 2. The number of carbonyl (C=O) groups is 1. The highest BCUT2D eigenvalue weighted by Gasteiger charge is 2.12. The summed E-state index contributed by atoms with van der Waals surface area (Å²) in [6.07, 6.45) is 0.880. The molecule has 0 atom stereocenters. The Labute approximate surface area is 160 Å². The molecule has 0 unspecified atom stereocenters. The largest absolute Gasteiger partial charge is 0.338 e. The third-order valence-corrected chi connectivity index (χ3v) is 4.27. The van der Waals surface area contributed by atoms with Crippen LogP contribution in [0.1, 0.15) is 13.3 Å². The topological polar surface area (TPSA) is 80.0 Å². The molecule has 0 aliphatic carbocycles. The zero-order valence-corrected chi connectivity index (χ0v) is 15.4. The van der Waals surface area contributed by atoms with Gasteiger partial charge in [-0.2, -0.15) is 4.98 Å². The maximum atomic E-state index is 11.7. The lowest BCUT2D eigenvalue weighted by Gasteiger charge is -2.06. The van der Waals surface area contributed by atoms with Crippen molar-refractivity contribution in [3.8, 4) is 22.8 Å². The first kappa shape index (κ1) is 18.2. The molecule has 0 spiro atoms. The highest BCUT2D eigenvalue weighted by atomic mass is 35.5. The van der Waals surface area contributed by atoms with Gasteiger partial charge in [-0.3, -0.25) is 0 Å². The predicted molar refractivity (Wildman–Crippen MR) is 103 cm³/mol. The molecule has 2 amide bonds. The average Bonchev–Trinajstić information content (AvgIpc) is 3.13. The minimum absolute atomic E-state index is 0.235. The highest BCUT2D eigenvalue weighted by molar-refractivity contribution is 6.42. The van der Waals surface area contributed by atoms with Crippen LogP contribution < -0.4 is 10.6 Å². The van der Waals surface area contributed by atoms with E-state index in [4.69, 9.17) is 27.7 Å². The van der Waals surface area contributed by atoms with Crippen molar-refractivity contribution in [1.82, 2.24) is 15.5 Å². The van der Waals surface area contributed by atoms with Crippen molar-refractivity contribution in [3.05, 3.63) is 52.5 Å². The number of urea groups is 1. The first-order valence-electron chi connectivity index (χ1n) is 8.01. The number of hydrogen-bond donors (Lipinski definition) is 2. The second-order valence-corrected chi connectivity index (χ2v) is 6.32. The lowest BCUT2D eigenvalue weighted by Crippen LogP contribution is -2.29. The summed E-state index contributed by atoms with van der Waals surface area (Å²) in [5.74, 6) is 0.785. The molecule has 0 bridgehead atoms. The van der Waals surface area contributed by atoms with Gasteiger partial charge in [0.2, 0.25) is 5.82 Å². The van der Waals surface area contributed by atoms with Gasteiger partial charge >= 0.3 is 6.03 Å². The second-order valence-electron chi connectivity index (χ2n) is 5.51. The maximum absolute atomic E-state index is 11.7. The van der Waals surface area contributed by atoms with Crippen LogP contribution in [0.4, 0.5) is 10.5 Å². The summed E-state index contributed by atoms with van der Waals surface area (Å²) in [5.41, 5.74) is 2.12. The molecule has 0 saturated carbocycles. The molecule has 1 aromatic heterocycles. The molecule has 2 N–H and O–H groups in total. The lowest BCUT2D eigenvalue weighted by atomic mass is 10.2. The zero-order chi connectivity index (χ0) is 18.5. The quantitative estimate of drug-likeness (QED) is 0.623. The van der Waals surface area contributed by atoms with Gasteiger partial charge in [-0.1, -0.05) is 35.3 Å². The summed E-state index contributed by atoms with van der Waals surface area (Å²) in [5, 5.41) is 10.4. The van der Waals surface area contributed by atoms with Crippen molar-refractivity contribution in [1.29, 1.82) is 0 Å². The SMILES string of the molecule is CCCNC(=O)Nc1ccc(-c2noc(-c3ccc(Cl)c(Cl)c3)n2)cc1. The fraction of sp³-hybridized carbons (Fsp3) is 0.167. The summed E-state index contributed by atoms with van der Waals surface area (Å²) in [4.78, 5) is 16.0. The van der Waals surface area contributed by atoms with Crippen molar-refractivity contribution in [3.63, 3.8) is 0 Å². The normalized spacial score (nSPS) is 10.6. The minimum Gasteiger partial charge on any atom is -0.338 e. The number of amides is 2. The van der Waals surface area contributed by atoms with E-state index in [1.54, 1.807) is 42.5 Å². The second kappa shape index (κ2) is 8.21. The van der Waals surface area contributed by atoms with Crippen LogP contribution >= 0.6 is 23.2 Å². The first-order chi connectivity index (χ1) is 12.6. The Kier molecular flexibility index (Phi) is 5.75. The smallest absolute Gasteiger partial charge is 0.319 e. The highest BCUT2D eigenvalue weighted by Crippen LogP contribution is 2.29. The number of anilines is 1. The van der Waals surface area contributed by atoms with Gasteiger partial charge in [-0.25, -0.2) is 4.79 Å². The van der Waals surface area contributed by atoms with E-state index in [9.17, 15) is 4.79 Å². The first-order valence-corrected chi connectivity index (χ1v) is 8.77. The molecule has 3 aromatic rings. The molecule has 26 heavy (non-hydrogen) atoms. The van der Waals surface area contributed by atoms with E-state index in [2.05, 4.69) is 20.8 Å². The third kappa shape index (κ3) is 4.33. The van der Waals surface area contributed by atoms with Crippen LogP contribution in [-0.4, -0.2) is 22.7 Å². The van der Waals surface area contributed by atoms with Gasteiger partial charge in [0, 0.05) is 23.4 Å². The minimum atomic E-state index is -0.235. The molecule has 0 saturated heterocycles. The van der Waals surface area contributed by atoms with Crippen molar-refractivity contribution in [2.45, 2.75) is 13.3 Å². The standard InChI is InChI=1S/C18H16Cl2N4O2/c1-2-9-21-18(25)22-13-6-3-11(4-7-13)16-23-17(26-24-16)12-5-8-14(19)15(20)10-12/h3-8,10H,2,9H2,1H3,(H2,21,22,25). The van der Waals surface area contributed by atoms with Crippen LogP contribution in [0, 0.1) is 0 Å². The van der Waals surface area contributed by atoms with Gasteiger partial charge in [0.05, 0.1) is 10.0 Å². The number of nitrogens with one attached hydrogen (secondary N) is 2. The number of benzene rings is 2. The van der Waals surface area contributed by atoms with Crippen molar-refractivity contribution in [2.24, 2.45) is 0 Å². The van der Waals surface area contributed by atoms with Crippen LogP contribution in [0.2, 0.25) is 10.0 Å². The Bertz CT molecular complexity index is 910. The van der Waals surface area contributed by atoms with E-state index in [1.165, 1.54) is 0 Å². The summed E-state index contributed by atoms with van der Waals surface area (Å²) in [6.45, 7) is 2.62. The summed E-state index contributed by atoms with van der Waals surface area (Å²) in [7, 11) is 0. The molecule has 0 aliphatic heterocycles. The Balaban J connectivity index is 1.73. The molecule has 2 aromatic carbocycles. The van der Waals surface area contributed by atoms with Gasteiger partial charge in [0.1, 0.15) is 0 Å². The Morgan fingerprint density at radius 1 is 1.08 bits per heavy atom. The number of nitrogens with zero attached hydrogens (tertiary/aromatic N) is 2. The monoisotopic (exact) mass is 390 g/mol. The van der Waals surface area contributed by atoms with E-state index in [1.807, 2.05) is 6.92 Å². The van der Waals surface area contributed by atoms with Crippen molar-refractivity contribution in [2.75, 3.05) is 11.9 Å². The molecular weight excluding hydrogens is 375 g/mol. The van der Waals surface area contributed by atoms with Crippen LogP contribution in [0.5, 0.6) is 0 Å². The Hall–Kier alpha value is -2.57. The fourth-order valence-corrected chi connectivity index (χ4v) is 2.50. The van der Waals surface area contributed by atoms with E-state index in [0.717, 1.165) is 12.0 Å². The number of hydrogen-bond acceptors (Lipinski definition) is 4. The molecule has 3 rings (SSSR count). The van der Waals surface area contributed by atoms with Crippen LogP contribution in [0.3, 0.4) is 0 Å². The van der Waals surface area contributed by atoms with Crippen LogP contribution in [0.15, 0.2) is 47.0 Å². The van der Waals surface area contributed by atoms with Gasteiger partial charge in [-0.15, -0.1) is 0 Å². The van der Waals surface area contributed by atoms with Crippen molar-refractivity contribution >= 4 is 34.9 Å². The fourth-order valence-electron chi connectivity index (χ4n) is 2.20. The number of halogens is 2. The van der Waals surface area contributed by atoms with E-state index in [-0.39, 0.29) is 6.03 Å². The van der Waals surface area contributed by atoms with Gasteiger partial charge in [-0.05, 0) is 48.9 Å². The average molecular weight is 391 g/mol. The molecule has 0 radical (unpaired) electrons. The summed E-state index contributed by atoms with van der Waals surface area (Å²) >= 11 is 11.9. The van der Waals surface area contributed by atoms with Gasteiger partial charge in [0.15, 0.2) is 0 Å². The molecule has 6 nitrogen and oxygen atoms in total. The summed E-state index contributed by atoms with van der Waals surface area (Å²) < 4.78 is 5.30. The van der Waals surface area contributed by atoms with Crippen molar-refractivity contribution < 1.29 is 9.32 Å².